The first-order valence-corrected chi connectivity index (χ1v) is 4.63. The van der Waals surface area contributed by atoms with Crippen molar-refractivity contribution in [1.29, 1.82) is 0 Å². The Morgan fingerprint density at radius 1 is 1.42 bits per heavy atom. The van der Waals surface area contributed by atoms with E-state index < -0.39 is 0 Å². The summed E-state index contributed by atoms with van der Waals surface area (Å²) in [6.07, 6.45) is 0. The minimum Gasteiger partial charge on any atom is -0.288 e. The van der Waals surface area contributed by atoms with E-state index in [1.54, 1.807) is 6.92 Å². The summed E-state index contributed by atoms with van der Waals surface area (Å²) >= 11 is 1.26. The third-order valence-electron chi connectivity index (χ3n) is 1.48. The lowest BCUT2D eigenvalue weighted by molar-refractivity contribution is -0.109. The van der Waals surface area contributed by atoms with E-state index in [0.29, 0.717) is 0 Å². The van der Waals surface area contributed by atoms with Crippen LogP contribution in [0.3, 0.4) is 0 Å². The van der Waals surface area contributed by atoms with Crippen LogP contribution in [0.4, 0.5) is 0 Å². The third kappa shape index (κ3) is 2.70. The van der Waals surface area contributed by atoms with Gasteiger partial charge in [0.2, 0.25) is 0 Å². The van der Waals surface area contributed by atoms with Crippen molar-refractivity contribution in [2.24, 2.45) is 0 Å². The predicted molar refractivity (Wildman–Crippen MR) is 52.8 cm³/mol. The summed E-state index contributed by atoms with van der Waals surface area (Å²) in [6.45, 7) is 5.45. The molecule has 2 heteroatoms. The van der Waals surface area contributed by atoms with Gasteiger partial charge in [0, 0.05) is 12.2 Å². The van der Waals surface area contributed by atoms with Gasteiger partial charge in [-0.3, -0.25) is 4.79 Å². The second-order valence-corrected chi connectivity index (χ2v) is 3.89. The van der Waals surface area contributed by atoms with E-state index in [4.69, 9.17) is 0 Å². The van der Waals surface area contributed by atoms with Crippen molar-refractivity contribution in [2.45, 2.75) is 12.2 Å². The Morgan fingerprint density at radius 3 is 2.50 bits per heavy atom. The van der Waals surface area contributed by atoms with Crippen LogP contribution in [0.1, 0.15) is 17.7 Å². The van der Waals surface area contributed by atoms with Crippen molar-refractivity contribution in [2.75, 3.05) is 0 Å². The molecule has 0 aliphatic carbocycles. The SMILES string of the molecule is [CH2]C(SC(C)=O)c1ccccc1. The van der Waals surface area contributed by atoms with Crippen LogP contribution in [-0.2, 0) is 4.79 Å². The van der Waals surface area contributed by atoms with Gasteiger partial charge in [-0.15, -0.1) is 0 Å². The molecule has 1 unspecified atom stereocenters. The Balaban J connectivity index is 2.65. The largest absolute Gasteiger partial charge is 0.288 e. The number of carbonyl (C=O) groups is 1. The molecule has 0 N–H and O–H groups in total. The molecule has 1 radical (unpaired) electrons. The lowest BCUT2D eigenvalue weighted by Gasteiger charge is -2.07. The first-order chi connectivity index (χ1) is 5.70. The van der Waals surface area contributed by atoms with Crippen molar-refractivity contribution in [3.05, 3.63) is 42.8 Å². The first-order valence-electron chi connectivity index (χ1n) is 3.75. The van der Waals surface area contributed by atoms with Crippen LogP contribution in [-0.4, -0.2) is 5.12 Å². The first kappa shape index (κ1) is 9.33. The second-order valence-electron chi connectivity index (χ2n) is 2.51. The molecule has 1 aromatic rings. The van der Waals surface area contributed by atoms with Crippen molar-refractivity contribution in [1.82, 2.24) is 0 Å². The quantitative estimate of drug-likeness (QED) is 0.694. The van der Waals surface area contributed by atoms with Crippen LogP contribution < -0.4 is 0 Å². The fourth-order valence-corrected chi connectivity index (χ4v) is 1.63. The molecule has 1 rings (SSSR count). The summed E-state index contributed by atoms with van der Waals surface area (Å²) in [5.41, 5.74) is 1.10. The summed E-state index contributed by atoms with van der Waals surface area (Å²) in [5, 5.41) is 0.127. The van der Waals surface area contributed by atoms with E-state index in [1.807, 2.05) is 30.3 Å². The highest BCUT2D eigenvalue weighted by Gasteiger charge is 2.07. The monoisotopic (exact) mass is 179 g/mol. The molecular formula is C10H11OS. The normalized spacial score (nSPS) is 12.5. The number of benzene rings is 1. The average Bonchev–Trinajstić information content (AvgIpc) is 2.05. The van der Waals surface area contributed by atoms with Crippen LogP contribution in [0.25, 0.3) is 0 Å². The molecule has 0 bridgehead atoms. The molecule has 1 nitrogen and oxygen atoms in total. The molecule has 0 saturated carbocycles. The number of carbonyl (C=O) groups excluding carboxylic acids is 1. The van der Waals surface area contributed by atoms with E-state index >= 15 is 0 Å². The van der Waals surface area contributed by atoms with Gasteiger partial charge < -0.3 is 0 Å². The Labute approximate surface area is 77.2 Å². The molecule has 0 aliphatic heterocycles. The molecule has 0 saturated heterocycles. The molecule has 0 fully saturated rings. The van der Waals surface area contributed by atoms with Crippen molar-refractivity contribution in [3.8, 4) is 0 Å². The van der Waals surface area contributed by atoms with Gasteiger partial charge in [0.25, 0.3) is 0 Å². The van der Waals surface area contributed by atoms with Gasteiger partial charge in [0.15, 0.2) is 5.12 Å². The van der Waals surface area contributed by atoms with Gasteiger partial charge in [-0.05, 0) is 12.5 Å². The Hall–Kier alpha value is -0.760. The van der Waals surface area contributed by atoms with Crippen LogP contribution in [0.2, 0.25) is 0 Å². The maximum absolute atomic E-state index is 10.8. The molecule has 0 amide bonds. The molecule has 63 valence electrons. The standard InChI is InChI=1S/C10H11OS/c1-8(12-9(2)11)10-6-4-3-5-7-10/h3-8H,1H2,2H3. The lowest BCUT2D eigenvalue weighted by Crippen LogP contribution is -1.91. The van der Waals surface area contributed by atoms with E-state index in [2.05, 4.69) is 6.92 Å². The van der Waals surface area contributed by atoms with E-state index in [1.165, 1.54) is 11.8 Å². The van der Waals surface area contributed by atoms with Crippen molar-refractivity contribution < 1.29 is 4.79 Å². The molecule has 0 aromatic heterocycles. The fourth-order valence-electron chi connectivity index (χ4n) is 0.936. The summed E-state index contributed by atoms with van der Waals surface area (Å²) in [4.78, 5) is 10.8. The average molecular weight is 179 g/mol. The third-order valence-corrected chi connectivity index (χ3v) is 2.37. The zero-order chi connectivity index (χ0) is 8.97. The maximum atomic E-state index is 10.8. The smallest absolute Gasteiger partial charge is 0.186 e. The lowest BCUT2D eigenvalue weighted by atomic mass is 10.2. The second kappa shape index (κ2) is 4.31. The summed E-state index contributed by atoms with van der Waals surface area (Å²) in [6, 6.07) is 9.82. The summed E-state index contributed by atoms with van der Waals surface area (Å²) in [5.74, 6) is 0. The minimum atomic E-state index is 0.0173. The predicted octanol–water partition coefficient (Wildman–Crippen LogP) is 2.84. The van der Waals surface area contributed by atoms with Gasteiger partial charge in [-0.25, -0.2) is 0 Å². The highest BCUT2D eigenvalue weighted by atomic mass is 32.2. The zero-order valence-electron chi connectivity index (χ0n) is 6.99. The molecule has 0 spiro atoms. The summed E-state index contributed by atoms with van der Waals surface area (Å²) < 4.78 is 0. The number of rotatable bonds is 2. The number of hydrogen-bond acceptors (Lipinski definition) is 2. The highest BCUT2D eigenvalue weighted by molar-refractivity contribution is 8.13. The van der Waals surface area contributed by atoms with Crippen LogP contribution in [0, 0.1) is 6.92 Å². The van der Waals surface area contributed by atoms with Crippen molar-refractivity contribution >= 4 is 16.9 Å². The van der Waals surface area contributed by atoms with Crippen molar-refractivity contribution in [3.63, 3.8) is 0 Å². The van der Waals surface area contributed by atoms with Crippen LogP contribution >= 0.6 is 11.8 Å². The Kier molecular flexibility index (Phi) is 3.35. The van der Waals surface area contributed by atoms with Crippen LogP contribution in [0.15, 0.2) is 30.3 Å². The Morgan fingerprint density at radius 2 is 2.00 bits per heavy atom. The molecule has 0 aliphatic rings. The topological polar surface area (TPSA) is 17.1 Å². The van der Waals surface area contributed by atoms with E-state index in [0.717, 1.165) is 5.56 Å². The molecule has 1 aromatic carbocycles. The van der Waals surface area contributed by atoms with Gasteiger partial charge in [0.05, 0.1) is 0 Å². The molecule has 0 heterocycles. The van der Waals surface area contributed by atoms with Crippen LogP contribution in [0.5, 0.6) is 0 Å². The van der Waals surface area contributed by atoms with Gasteiger partial charge in [0.1, 0.15) is 0 Å². The zero-order valence-corrected chi connectivity index (χ0v) is 7.80. The molecule has 12 heavy (non-hydrogen) atoms. The van der Waals surface area contributed by atoms with Gasteiger partial charge in [-0.2, -0.15) is 0 Å². The molecule has 1 atom stereocenters. The highest BCUT2D eigenvalue weighted by Crippen LogP contribution is 2.27. The molecular weight excluding hydrogens is 168 g/mol. The fraction of sp³-hybridized carbons (Fsp3) is 0.200. The minimum absolute atomic E-state index is 0.0173. The Bertz CT molecular complexity index is 256. The number of thioether (sulfide) groups is 1. The number of hydrogen-bond donors (Lipinski definition) is 0. The van der Waals surface area contributed by atoms with E-state index in [9.17, 15) is 4.79 Å². The van der Waals surface area contributed by atoms with Gasteiger partial charge >= 0.3 is 0 Å². The summed E-state index contributed by atoms with van der Waals surface area (Å²) in [7, 11) is 0. The van der Waals surface area contributed by atoms with Gasteiger partial charge in [-0.1, -0.05) is 42.1 Å². The maximum Gasteiger partial charge on any atom is 0.186 e. The van der Waals surface area contributed by atoms with E-state index in [-0.39, 0.29) is 10.4 Å².